The summed E-state index contributed by atoms with van der Waals surface area (Å²) in [6.07, 6.45) is 10.1. The Kier molecular flexibility index (Phi) is 11.2. The smallest absolute Gasteiger partial charge is 0.306 e. The molecule has 0 aliphatic heterocycles. The van der Waals surface area contributed by atoms with Crippen molar-refractivity contribution in [3.8, 4) is 0 Å². The van der Waals surface area contributed by atoms with Crippen LogP contribution in [0.4, 0.5) is 0 Å². The molecule has 3 atom stereocenters. The lowest BCUT2D eigenvalue weighted by atomic mass is 9.86. The van der Waals surface area contributed by atoms with E-state index < -0.39 is 6.10 Å². The fraction of sp³-hybridized carbons (Fsp3) is 0.773. The molecule has 0 aromatic heterocycles. The molecule has 1 fully saturated rings. The summed E-state index contributed by atoms with van der Waals surface area (Å²) in [5.74, 6) is -0.0827. The van der Waals surface area contributed by atoms with Crippen molar-refractivity contribution in [1.82, 2.24) is 0 Å². The summed E-state index contributed by atoms with van der Waals surface area (Å²) in [7, 11) is 0. The number of aliphatic hydroxyl groups excluding tert-OH is 1. The number of ketones is 2. The standard InChI is InChI=1S/C22H36O5/c1-4-17(23)13-14-19-18(20(24)15-21(19)25)11-9-7-5-6-8-10-12-22(26)27-16(2)3/h7,9,16,18-19,21,25H,4-6,8,10-15H2,1-3H3/t18-,19-,21-/m1/s1. The summed E-state index contributed by atoms with van der Waals surface area (Å²) in [5, 5.41) is 10.1. The number of allylic oxidation sites excluding steroid dienone is 2. The van der Waals surface area contributed by atoms with Crippen LogP contribution in [0.3, 0.4) is 0 Å². The molecule has 0 unspecified atom stereocenters. The van der Waals surface area contributed by atoms with E-state index in [9.17, 15) is 19.5 Å². The van der Waals surface area contributed by atoms with Gasteiger partial charge in [0.05, 0.1) is 12.2 Å². The Balaban J connectivity index is 2.24. The van der Waals surface area contributed by atoms with Gasteiger partial charge in [-0.05, 0) is 51.9 Å². The Morgan fingerprint density at radius 1 is 1.19 bits per heavy atom. The number of ether oxygens (including phenoxy) is 1. The zero-order chi connectivity index (χ0) is 20.2. The van der Waals surface area contributed by atoms with E-state index >= 15 is 0 Å². The molecule has 0 heterocycles. The molecule has 0 aromatic rings. The van der Waals surface area contributed by atoms with E-state index in [1.807, 2.05) is 26.8 Å². The van der Waals surface area contributed by atoms with E-state index in [0.717, 1.165) is 25.7 Å². The van der Waals surface area contributed by atoms with Crippen LogP contribution in [-0.4, -0.2) is 34.9 Å². The molecule has 0 bridgehead atoms. The van der Waals surface area contributed by atoms with Crippen molar-refractivity contribution in [2.75, 3.05) is 0 Å². The van der Waals surface area contributed by atoms with Crippen LogP contribution in [0.15, 0.2) is 12.2 Å². The van der Waals surface area contributed by atoms with Crippen molar-refractivity contribution in [3.63, 3.8) is 0 Å². The van der Waals surface area contributed by atoms with E-state index in [1.54, 1.807) is 0 Å². The SMILES string of the molecule is CCC(=O)CC[C@H]1[C@H](O)CC(=O)[C@@H]1CC=CCCCCCC(=O)OC(C)C. The summed E-state index contributed by atoms with van der Waals surface area (Å²) < 4.78 is 5.10. The van der Waals surface area contributed by atoms with Crippen LogP contribution in [0.5, 0.6) is 0 Å². The first-order chi connectivity index (χ1) is 12.8. The number of hydrogen-bond acceptors (Lipinski definition) is 5. The van der Waals surface area contributed by atoms with Gasteiger partial charge in [-0.25, -0.2) is 0 Å². The molecule has 1 N–H and O–H groups in total. The number of aliphatic hydroxyl groups is 1. The van der Waals surface area contributed by atoms with Gasteiger partial charge in [-0.1, -0.05) is 25.5 Å². The highest BCUT2D eigenvalue weighted by Gasteiger charge is 2.40. The maximum Gasteiger partial charge on any atom is 0.306 e. The van der Waals surface area contributed by atoms with Gasteiger partial charge in [0.1, 0.15) is 11.6 Å². The monoisotopic (exact) mass is 380 g/mol. The third-order valence-corrected chi connectivity index (χ3v) is 5.16. The van der Waals surface area contributed by atoms with Crippen LogP contribution in [0.1, 0.15) is 85.0 Å². The Hall–Kier alpha value is -1.49. The zero-order valence-corrected chi connectivity index (χ0v) is 17.1. The molecule has 154 valence electrons. The highest BCUT2D eigenvalue weighted by Crippen LogP contribution is 2.35. The number of carbonyl (C=O) groups excluding carboxylic acids is 3. The van der Waals surface area contributed by atoms with Gasteiger partial charge in [-0.2, -0.15) is 0 Å². The van der Waals surface area contributed by atoms with Crippen LogP contribution < -0.4 is 0 Å². The first kappa shape index (κ1) is 23.5. The van der Waals surface area contributed by atoms with Gasteiger partial charge in [0.15, 0.2) is 0 Å². The third-order valence-electron chi connectivity index (χ3n) is 5.16. The first-order valence-corrected chi connectivity index (χ1v) is 10.4. The molecule has 0 radical (unpaired) electrons. The second-order valence-corrected chi connectivity index (χ2v) is 7.78. The van der Waals surface area contributed by atoms with Crippen molar-refractivity contribution in [1.29, 1.82) is 0 Å². The average molecular weight is 381 g/mol. The Bertz CT molecular complexity index is 509. The summed E-state index contributed by atoms with van der Waals surface area (Å²) in [6, 6.07) is 0. The maximum absolute atomic E-state index is 12.1. The molecular weight excluding hydrogens is 344 g/mol. The van der Waals surface area contributed by atoms with Crippen LogP contribution >= 0.6 is 0 Å². The first-order valence-electron chi connectivity index (χ1n) is 10.4. The predicted octanol–water partition coefficient (Wildman–Crippen LogP) is 4.16. The van der Waals surface area contributed by atoms with Gasteiger partial charge >= 0.3 is 5.97 Å². The van der Waals surface area contributed by atoms with Gasteiger partial charge in [0.25, 0.3) is 0 Å². The summed E-state index contributed by atoms with van der Waals surface area (Å²) in [4.78, 5) is 35.1. The third kappa shape index (κ3) is 9.32. The molecule has 27 heavy (non-hydrogen) atoms. The molecule has 1 saturated carbocycles. The summed E-state index contributed by atoms with van der Waals surface area (Å²) >= 11 is 0. The van der Waals surface area contributed by atoms with E-state index in [-0.39, 0.29) is 41.9 Å². The minimum absolute atomic E-state index is 0.0545. The maximum atomic E-state index is 12.1. The Morgan fingerprint density at radius 3 is 2.59 bits per heavy atom. The lowest BCUT2D eigenvalue weighted by molar-refractivity contribution is -0.147. The minimum atomic E-state index is -0.605. The summed E-state index contributed by atoms with van der Waals surface area (Å²) in [5.41, 5.74) is 0. The Labute approximate surface area is 163 Å². The molecule has 5 nitrogen and oxygen atoms in total. The van der Waals surface area contributed by atoms with Crippen LogP contribution in [0.2, 0.25) is 0 Å². The van der Waals surface area contributed by atoms with Crippen LogP contribution in [-0.2, 0) is 19.1 Å². The minimum Gasteiger partial charge on any atom is -0.463 e. The number of carbonyl (C=O) groups is 3. The molecule has 0 aromatic carbocycles. The second kappa shape index (κ2) is 12.8. The van der Waals surface area contributed by atoms with Gasteiger partial charge in [0.2, 0.25) is 0 Å². The van der Waals surface area contributed by atoms with Crippen molar-refractivity contribution < 1.29 is 24.2 Å². The van der Waals surface area contributed by atoms with E-state index in [0.29, 0.717) is 32.1 Å². The predicted molar refractivity (Wildman–Crippen MR) is 105 cm³/mol. The van der Waals surface area contributed by atoms with Gasteiger partial charge in [-0.3, -0.25) is 14.4 Å². The normalized spacial score (nSPS) is 22.7. The van der Waals surface area contributed by atoms with Gasteiger partial charge < -0.3 is 9.84 Å². The highest BCUT2D eigenvalue weighted by atomic mass is 16.5. The number of hydrogen-bond donors (Lipinski definition) is 1. The van der Waals surface area contributed by atoms with Crippen molar-refractivity contribution in [3.05, 3.63) is 12.2 Å². The number of rotatable bonds is 13. The van der Waals surface area contributed by atoms with Gasteiger partial charge in [-0.15, -0.1) is 0 Å². The van der Waals surface area contributed by atoms with Crippen molar-refractivity contribution in [2.45, 2.75) is 97.2 Å². The fourth-order valence-electron chi connectivity index (χ4n) is 3.61. The zero-order valence-electron chi connectivity index (χ0n) is 17.1. The lowest BCUT2D eigenvalue weighted by Crippen LogP contribution is -2.21. The van der Waals surface area contributed by atoms with Gasteiger partial charge in [0, 0.05) is 31.6 Å². The van der Waals surface area contributed by atoms with Crippen molar-refractivity contribution >= 4 is 17.5 Å². The molecule has 1 aliphatic rings. The number of unbranched alkanes of at least 4 members (excludes halogenated alkanes) is 3. The molecular formula is C22H36O5. The van der Waals surface area contributed by atoms with Crippen LogP contribution in [0.25, 0.3) is 0 Å². The van der Waals surface area contributed by atoms with E-state index in [4.69, 9.17) is 4.74 Å². The highest BCUT2D eigenvalue weighted by molar-refractivity contribution is 5.84. The van der Waals surface area contributed by atoms with E-state index in [2.05, 4.69) is 6.08 Å². The fourth-order valence-corrected chi connectivity index (χ4v) is 3.61. The molecule has 1 aliphatic carbocycles. The Morgan fingerprint density at radius 2 is 1.93 bits per heavy atom. The van der Waals surface area contributed by atoms with Crippen molar-refractivity contribution in [2.24, 2.45) is 11.8 Å². The van der Waals surface area contributed by atoms with E-state index in [1.165, 1.54) is 0 Å². The molecule has 0 saturated heterocycles. The second-order valence-electron chi connectivity index (χ2n) is 7.78. The lowest BCUT2D eigenvalue weighted by Gasteiger charge is -2.19. The van der Waals surface area contributed by atoms with Crippen LogP contribution in [0, 0.1) is 11.8 Å². The molecule has 1 rings (SSSR count). The largest absolute Gasteiger partial charge is 0.463 e. The average Bonchev–Trinajstić information content (AvgIpc) is 2.87. The molecule has 0 amide bonds. The number of Topliss-reactive ketones (excluding diaryl/α,β-unsaturated/α-hetero) is 2. The molecule has 0 spiro atoms. The quantitative estimate of drug-likeness (QED) is 0.295. The molecule has 5 heteroatoms. The number of esters is 1. The topological polar surface area (TPSA) is 80.7 Å². The summed E-state index contributed by atoms with van der Waals surface area (Å²) in [6.45, 7) is 5.54.